The van der Waals surface area contributed by atoms with Gasteiger partial charge in [0.1, 0.15) is 36.1 Å². The number of aromatic hydroxyl groups is 3. The van der Waals surface area contributed by atoms with Crippen molar-refractivity contribution in [3.05, 3.63) is 77.4 Å². The fraction of sp³-hybridized carbons (Fsp3) is 0.208. The summed E-state index contributed by atoms with van der Waals surface area (Å²) in [6, 6.07) is 17.7. The Kier molecular flexibility index (Phi) is 5.89. The summed E-state index contributed by atoms with van der Waals surface area (Å²) >= 11 is 0. The van der Waals surface area contributed by atoms with Crippen LogP contribution in [0, 0.1) is 0 Å². The van der Waals surface area contributed by atoms with E-state index in [2.05, 4.69) is 5.32 Å². The summed E-state index contributed by atoms with van der Waals surface area (Å²) in [5.74, 6) is -1.69. The smallest absolute Gasteiger partial charge is 0.407 e. The molecule has 3 aromatic rings. The third-order valence-electron chi connectivity index (χ3n) is 5.58. The van der Waals surface area contributed by atoms with Crippen molar-refractivity contribution < 1.29 is 35.1 Å². The van der Waals surface area contributed by atoms with Gasteiger partial charge in [0.05, 0.1) is 5.56 Å². The molecule has 1 aliphatic rings. The van der Waals surface area contributed by atoms with Gasteiger partial charge in [0.25, 0.3) is 0 Å². The summed E-state index contributed by atoms with van der Waals surface area (Å²) in [5.41, 5.74) is 3.98. The molecule has 6 N–H and O–H groups in total. The number of hydrogen-bond acceptors (Lipinski definition) is 7. The summed E-state index contributed by atoms with van der Waals surface area (Å²) in [6.07, 6.45) is -4.03. The van der Waals surface area contributed by atoms with Gasteiger partial charge >= 0.3 is 6.09 Å². The van der Waals surface area contributed by atoms with Gasteiger partial charge in [-0.15, -0.1) is 0 Å². The molecule has 0 fully saturated rings. The quantitative estimate of drug-likeness (QED) is 0.348. The molecule has 2 atom stereocenters. The second-order valence-electron chi connectivity index (χ2n) is 7.62. The molecule has 3 aromatic carbocycles. The lowest BCUT2D eigenvalue weighted by Crippen LogP contribution is -2.36. The van der Waals surface area contributed by atoms with Crippen LogP contribution in [0.25, 0.3) is 11.1 Å². The Morgan fingerprint density at radius 2 is 1.44 bits per heavy atom. The third-order valence-corrected chi connectivity index (χ3v) is 5.58. The molecule has 0 spiro atoms. The maximum atomic E-state index is 12.2. The van der Waals surface area contributed by atoms with E-state index in [0.717, 1.165) is 34.4 Å². The van der Waals surface area contributed by atoms with Crippen LogP contribution in [0.1, 0.15) is 28.7 Å². The first-order valence-corrected chi connectivity index (χ1v) is 10.1. The molecule has 2 unspecified atom stereocenters. The van der Waals surface area contributed by atoms with Gasteiger partial charge in [-0.1, -0.05) is 48.5 Å². The first-order chi connectivity index (χ1) is 15.4. The number of aliphatic hydroxyl groups excluding tert-OH is 2. The molecule has 0 heterocycles. The van der Waals surface area contributed by atoms with Crippen LogP contribution in [0.5, 0.6) is 17.2 Å². The number of fused-ring (bicyclic) bond motifs is 3. The van der Waals surface area contributed by atoms with Gasteiger partial charge in [0.15, 0.2) is 0 Å². The van der Waals surface area contributed by atoms with E-state index in [1.807, 2.05) is 48.5 Å². The molecular weight excluding hydrogens is 414 g/mol. The van der Waals surface area contributed by atoms with Crippen LogP contribution < -0.4 is 5.32 Å². The molecule has 0 aliphatic heterocycles. The standard InChI is InChI=1S/C24H23NO7/c26-13-9-19(27)22(20(28)10-13)23(30)21(29)11-25-24(31)32-12-18-16-7-3-1-5-14(16)15-6-2-4-8-17(15)18/h1-10,18,21,23,26-30H,11-12H2,(H,25,31). The fourth-order valence-electron chi connectivity index (χ4n) is 4.05. The molecule has 4 rings (SSSR count). The maximum absolute atomic E-state index is 12.2. The van der Waals surface area contributed by atoms with Crippen molar-refractivity contribution in [2.45, 2.75) is 18.1 Å². The zero-order valence-corrected chi connectivity index (χ0v) is 17.0. The molecule has 0 radical (unpaired) electrons. The Labute approximate surface area is 184 Å². The van der Waals surface area contributed by atoms with Crippen molar-refractivity contribution in [3.63, 3.8) is 0 Å². The third kappa shape index (κ3) is 4.05. The average molecular weight is 437 g/mol. The van der Waals surface area contributed by atoms with Crippen LogP contribution in [0.4, 0.5) is 4.79 Å². The summed E-state index contributed by atoms with van der Waals surface area (Å²) in [4.78, 5) is 12.2. The molecule has 8 heteroatoms. The highest BCUT2D eigenvalue weighted by Gasteiger charge is 2.29. The SMILES string of the molecule is O=C(NCC(O)C(O)c1c(O)cc(O)cc1O)OCC1c2ccccc2-c2ccccc21. The van der Waals surface area contributed by atoms with Crippen LogP contribution in [0.15, 0.2) is 60.7 Å². The van der Waals surface area contributed by atoms with Crippen molar-refractivity contribution in [1.82, 2.24) is 5.32 Å². The van der Waals surface area contributed by atoms with Crippen molar-refractivity contribution in [2.75, 3.05) is 13.2 Å². The van der Waals surface area contributed by atoms with Gasteiger partial charge in [-0.05, 0) is 22.3 Å². The van der Waals surface area contributed by atoms with Crippen LogP contribution >= 0.6 is 0 Å². The van der Waals surface area contributed by atoms with Gasteiger partial charge in [-0.25, -0.2) is 4.79 Å². The summed E-state index contributed by atoms with van der Waals surface area (Å²) in [6.45, 7) is -0.296. The van der Waals surface area contributed by atoms with Gasteiger partial charge in [-0.2, -0.15) is 0 Å². The van der Waals surface area contributed by atoms with Gasteiger partial charge < -0.3 is 35.6 Å². The van der Waals surface area contributed by atoms with Gasteiger partial charge in [-0.3, -0.25) is 0 Å². The molecule has 0 saturated heterocycles. The van der Waals surface area contributed by atoms with E-state index in [4.69, 9.17) is 4.74 Å². The van der Waals surface area contributed by atoms with E-state index >= 15 is 0 Å². The fourth-order valence-corrected chi connectivity index (χ4v) is 4.05. The molecular formula is C24H23NO7. The first-order valence-electron chi connectivity index (χ1n) is 10.1. The Bertz CT molecular complexity index is 1080. The lowest BCUT2D eigenvalue weighted by atomic mass is 9.98. The van der Waals surface area contributed by atoms with Crippen LogP contribution in [-0.2, 0) is 4.74 Å². The number of alkyl carbamates (subject to hydrolysis) is 1. The number of phenolic OH excluding ortho intramolecular Hbond substituents is 3. The molecule has 1 aliphatic carbocycles. The monoisotopic (exact) mass is 437 g/mol. The predicted octanol–water partition coefficient (Wildman–Crippen LogP) is 2.74. The Hall–Kier alpha value is -3.75. The minimum atomic E-state index is -1.70. The number of amides is 1. The molecule has 166 valence electrons. The van der Waals surface area contributed by atoms with Crippen molar-refractivity contribution in [2.24, 2.45) is 0 Å². The highest BCUT2D eigenvalue weighted by atomic mass is 16.5. The van der Waals surface area contributed by atoms with Gasteiger partial charge in [0.2, 0.25) is 0 Å². The number of hydrogen-bond donors (Lipinski definition) is 6. The Morgan fingerprint density at radius 1 is 0.906 bits per heavy atom. The van der Waals surface area contributed by atoms with E-state index < -0.39 is 42.1 Å². The second-order valence-corrected chi connectivity index (χ2v) is 7.62. The average Bonchev–Trinajstić information content (AvgIpc) is 3.09. The summed E-state index contributed by atoms with van der Waals surface area (Å²) in [5, 5.41) is 51.8. The molecule has 0 bridgehead atoms. The van der Waals surface area contributed by atoms with E-state index in [1.165, 1.54) is 0 Å². The first kappa shape index (κ1) is 21.5. The lowest BCUT2D eigenvalue weighted by molar-refractivity contribution is 0.0159. The van der Waals surface area contributed by atoms with Gasteiger partial charge in [0, 0.05) is 24.6 Å². The highest BCUT2D eigenvalue weighted by molar-refractivity contribution is 5.79. The molecule has 0 aromatic heterocycles. The number of carbonyl (C=O) groups is 1. The number of aliphatic hydroxyl groups is 2. The molecule has 32 heavy (non-hydrogen) atoms. The topological polar surface area (TPSA) is 139 Å². The van der Waals surface area contributed by atoms with Crippen molar-refractivity contribution in [1.29, 1.82) is 0 Å². The largest absolute Gasteiger partial charge is 0.508 e. The predicted molar refractivity (Wildman–Crippen MR) is 115 cm³/mol. The highest BCUT2D eigenvalue weighted by Crippen LogP contribution is 2.44. The minimum absolute atomic E-state index is 0.0953. The van der Waals surface area contributed by atoms with Crippen LogP contribution in [0.3, 0.4) is 0 Å². The van der Waals surface area contributed by atoms with E-state index in [1.54, 1.807) is 0 Å². The van der Waals surface area contributed by atoms with E-state index in [0.29, 0.717) is 0 Å². The number of phenols is 3. The Balaban J connectivity index is 1.36. The molecule has 8 nitrogen and oxygen atoms in total. The van der Waals surface area contributed by atoms with Crippen molar-refractivity contribution >= 4 is 6.09 Å². The summed E-state index contributed by atoms with van der Waals surface area (Å²) in [7, 11) is 0. The zero-order valence-electron chi connectivity index (χ0n) is 17.0. The maximum Gasteiger partial charge on any atom is 0.407 e. The van der Waals surface area contributed by atoms with E-state index in [-0.39, 0.29) is 18.1 Å². The van der Waals surface area contributed by atoms with Crippen LogP contribution in [0.2, 0.25) is 0 Å². The summed E-state index contributed by atoms with van der Waals surface area (Å²) < 4.78 is 5.36. The normalized spacial score (nSPS) is 14.3. The Morgan fingerprint density at radius 3 is 2.00 bits per heavy atom. The number of nitrogens with one attached hydrogen (secondary N) is 1. The number of ether oxygens (including phenoxy) is 1. The van der Waals surface area contributed by atoms with E-state index in [9.17, 15) is 30.3 Å². The lowest BCUT2D eigenvalue weighted by Gasteiger charge is -2.21. The molecule has 1 amide bonds. The number of benzene rings is 3. The molecule has 0 saturated carbocycles. The minimum Gasteiger partial charge on any atom is -0.508 e. The number of carbonyl (C=O) groups excluding carboxylic acids is 1. The number of rotatable bonds is 6. The van der Waals surface area contributed by atoms with Crippen LogP contribution in [-0.4, -0.2) is 50.9 Å². The zero-order chi connectivity index (χ0) is 22.8. The second kappa shape index (κ2) is 8.78. The van der Waals surface area contributed by atoms with Crippen molar-refractivity contribution in [3.8, 4) is 28.4 Å².